The first kappa shape index (κ1) is 61.3. The highest BCUT2D eigenvalue weighted by atomic mass is 16.5. The monoisotopic (exact) mass is 888 g/mol. The smallest absolute Gasteiger partial charge is 0.305 e. The van der Waals surface area contributed by atoms with E-state index in [1.807, 2.05) is 0 Å². The van der Waals surface area contributed by atoms with Gasteiger partial charge in [-0.1, -0.05) is 250 Å². The molecule has 0 fully saturated rings. The summed E-state index contributed by atoms with van der Waals surface area (Å²) in [6.45, 7) is 4.92. The van der Waals surface area contributed by atoms with Crippen molar-refractivity contribution in [2.45, 2.75) is 315 Å². The summed E-state index contributed by atoms with van der Waals surface area (Å²) in [4.78, 5) is 24.5. The van der Waals surface area contributed by atoms with Gasteiger partial charge in [-0.2, -0.15) is 0 Å². The summed E-state index contributed by atoms with van der Waals surface area (Å²) in [5.41, 5.74) is 0. The third kappa shape index (κ3) is 49.6. The zero-order valence-electron chi connectivity index (χ0n) is 42.3. The zero-order valence-corrected chi connectivity index (χ0v) is 42.3. The number of hydrogen-bond donors (Lipinski definition) is 3. The van der Waals surface area contributed by atoms with E-state index < -0.39 is 12.1 Å². The van der Waals surface area contributed by atoms with E-state index in [0.29, 0.717) is 25.9 Å². The fourth-order valence-electron chi connectivity index (χ4n) is 8.67. The number of ether oxygens (including phenoxy) is 1. The Kier molecular flexibility index (Phi) is 51.6. The molecule has 6 nitrogen and oxygen atoms in total. The molecule has 0 rings (SSSR count). The molecular formula is C57H109NO5. The van der Waals surface area contributed by atoms with Crippen LogP contribution in [0.3, 0.4) is 0 Å². The van der Waals surface area contributed by atoms with E-state index in [0.717, 1.165) is 83.5 Å². The molecule has 0 spiro atoms. The van der Waals surface area contributed by atoms with Crippen LogP contribution >= 0.6 is 0 Å². The summed E-state index contributed by atoms with van der Waals surface area (Å²) in [6, 6.07) is -0.553. The molecule has 63 heavy (non-hydrogen) atoms. The normalized spacial score (nSPS) is 12.8. The van der Waals surface area contributed by atoms with Gasteiger partial charge in [0.05, 0.1) is 25.4 Å². The number of hydrogen-bond acceptors (Lipinski definition) is 5. The van der Waals surface area contributed by atoms with Crippen LogP contribution in [0.1, 0.15) is 303 Å². The number of unbranched alkanes of at least 4 members (excludes halogenated alkanes) is 37. The van der Waals surface area contributed by atoms with Gasteiger partial charge in [0, 0.05) is 12.8 Å². The van der Waals surface area contributed by atoms with E-state index in [9.17, 15) is 19.8 Å². The van der Waals surface area contributed by atoms with Crippen LogP contribution in [0.15, 0.2) is 24.3 Å². The fourth-order valence-corrected chi connectivity index (χ4v) is 8.67. The molecule has 0 aromatic carbocycles. The number of aliphatic hydroxyl groups is 2. The van der Waals surface area contributed by atoms with Crippen LogP contribution in [0.4, 0.5) is 0 Å². The Labute approximate surface area is 392 Å². The van der Waals surface area contributed by atoms with Crippen LogP contribution in [-0.2, 0) is 14.3 Å². The number of carbonyl (C=O) groups excluding carboxylic acids is 2. The molecule has 0 aromatic heterocycles. The average molecular weight is 889 g/mol. The number of aliphatic hydroxyl groups excluding tert-OH is 2. The lowest BCUT2D eigenvalue weighted by Crippen LogP contribution is -2.45. The summed E-state index contributed by atoms with van der Waals surface area (Å²) in [5, 5.41) is 23.3. The van der Waals surface area contributed by atoms with Crippen LogP contribution in [0.25, 0.3) is 0 Å². The highest BCUT2D eigenvalue weighted by Gasteiger charge is 2.20. The molecule has 0 bridgehead atoms. The lowest BCUT2D eigenvalue weighted by Gasteiger charge is -2.22. The van der Waals surface area contributed by atoms with Crippen LogP contribution in [0.5, 0.6) is 0 Å². The van der Waals surface area contributed by atoms with Crippen molar-refractivity contribution in [3.05, 3.63) is 24.3 Å². The van der Waals surface area contributed by atoms with Crippen molar-refractivity contribution < 1.29 is 24.5 Å². The van der Waals surface area contributed by atoms with Crippen LogP contribution < -0.4 is 5.32 Å². The molecule has 0 aliphatic heterocycles. The predicted molar refractivity (Wildman–Crippen MR) is 273 cm³/mol. The number of esters is 1. The van der Waals surface area contributed by atoms with Crippen molar-refractivity contribution in [1.82, 2.24) is 5.32 Å². The summed E-state index contributed by atoms with van der Waals surface area (Å²) in [6.07, 6.45) is 63.0. The fraction of sp³-hybridized carbons (Fsp3) is 0.895. The minimum absolute atomic E-state index is 0.0146. The van der Waals surface area contributed by atoms with E-state index >= 15 is 0 Å². The van der Waals surface area contributed by atoms with E-state index in [1.54, 1.807) is 0 Å². The summed E-state index contributed by atoms with van der Waals surface area (Å²) in [7, 11) is 0. The maximum atomic E-state index is 12.5. The highest BCUT2D eigenvalue weighted by molar-refractivity contribution is 5.76. The van der Waals surface area contributed by atoms with E-state index in [-0.39, 0.29) is 18.5 Å². The summed E-state index contributed by atoms with van der Waals surface area (Å²) in [5.74, 6) is -0.0639. The first-order valence-corrected chi connectivity index (χ1v) is 28.1. The third-order valence-corrected chi connectivity index (χ3v) is 13.0. The third-order valence-electron chi connectivity index (χ3n) is 13.0. The maximum absolute atomic E-state index is 12.5. The van der Waals surface area contributed by atoms with Crippen LogP contribution in [-0.4, -0.2) is 47.4 Å². The molecule has 0 aromatic rings. The van der Waals surface area contributed by atoms with Crippen molar-refractivity contribution in [2.75, 3.05) is 13.2 Å². The Morgan fingerprint density at radius 3 is 1.21 bits per heavy atom. The summed E-state index contributed by atoms with van der Waals surface area (Å²) >= 11 is 0. The largest absolute Gasteiger partial charge is 0.466 e. The van der Waals surface area contributed by atoms with Crippen molar-refractivity contribution >= 4 is 11.9 Å². The SMILES string of the molecule is CCCCCCCCCCCCCCCCCCCC(O)C(CO)NC(=O)CCCCCCCCC/C=C\C/C=C\CCCCCOC(=O)CCCCCCCCCCCCCC. The number of rotatable bonds is 52. The Morgan fingerprint density at radius 2 is 0.794 bits per heavy atom. The molecule has 0 heterocycles. The second kappa shape index (κ2) is 53.0. The molecule has 0 saturated carbocycles. The van der Waals surface area contributed by atoms with Gasteiger partial charge in [0.1, 0.15) is 0 Å². The summed E-state index contributed by atoms with van der Waals surface area (Å²) < 4.78 is 5.44. The molecule has 0 aliphatic carbocycles. The second-order valence-electron chi connectivity index (χ2n) is 19.3. The average Bonchev–Trinajstić information content (AvgIpc) is 3.28. The van der Waals surface area contributed by atoms with Gasteiger partial charge in [0.25, 0.3) is 0 Å². The standard InChI is InChI=1S/C57H109NO5/c1-3-5-7-9-11-13-15-17-18-20-23-26-29-33-37-41-45-49-55(60)54(53-59)58-56(61)50-46-42-38-34-30-27-24-21-19-22-25-28-32-36-40-44-48-52-63-57(62)51-47-43-39-35-31-16-14-12-10-8-6-4-2/h19,22,28,32,54-55,59-60H,3-18,20-21,23-27,29-31,33-53H2,1-2H3,(H,58,61)/b22-19-,32-28-. The van der Waals surface area contributed by atoms with Crippen LogP contribution in [0, 0.1) is 0 Å². The van der Waals surface area contributed by atoms with Crippen molar-refractivity contribution in [3.8, 4) is 0 Å². The van der Waals surface area contributed by atoms with Gasteiger partial charge in [0.2, 0.25) is 5.91 Å². The van der Waals surface area contributed by atoms with Gasteiger partial charge in [-0.25, -0.2) is 0 Å². The molecule has 3 N–H and O–H groups in total. The van der Waals surface area contributed by atoms with Gasteiger partial charge in [-0.15, -0.1) is 0 Å². The lowest BCUT2D eigenvalue weighted by atomic mass is 10.0. The van der Waals surface area contributed by atoms with Crippen molar-refractivity contribution in [1.29, 1.82) is 0 Å². The Balaban J connectivity index is 3.50. The van der Waals surface area contributed by atoms with Gasteiger partial charge in [-0.3, -0.25) is 9.59 Å². The minimum atomic E-state index is -0.674. The first-order chi connectivity index (χ1) is 31.0. The van der Waals surface area contributed by atoms with Gasteiger partial charge < -0.3 is 20.3 Å². The zero-order chi connectivity index (χ0) is 45.8. The molecule has 372 valence electrons. The Bertz CT molecular complexity index is 982. The topological polar surface area (TPSA) is 95.9 Å². The molecule has 0 aliphatic rings. The van der Waals surface area contributed by atoms with Gasteiger partial charge in [0.15, 0.2) is 0 Å². The second-order valence-corrected chi connectivity index (χ2v) is 19.3. The molecule has 2 unspecified atom stereocenters. The Hall–Kier alpha value is -1.66. The van der Waals surface area contributed by atoms with E-state index in [4.69, 9.17) is 4.74 Å². The van der Waals surface area contributed by atoms with Crippen molar-refractivity contribution in [2.24, 2.45) is 0 Å². The lowest BCUT2D eigenvalue weighted by molar-refractivity contribution is -0.143. The molecule has 2 atom stereocenters. The Morgan fingerprint density at radius 1 is 0.444 bits per heavy atom. The van der Waals surface area contributed by atoms with Crippen molar-refractivity contribution in [3.63, 3.8) is 0 Å². The van der Waals surface area contributed by atoms with Crippen LogP contribution in [0.2, 0.25) is 0 Å². The highest BCUT2D eigenvalue weighted by Crippen LogP contribution is 2.17. The molecule has 6 heteroatoms. The molecule has 0 saturated heterocycles. The molecule has 1 amide bonds. The minimum Gasteiger partial charge on any atom is -0.466 e. The molecule has 0 radical (unpaired) electrons. The van der Waals surface area contributed by atoms with Gasteiger partial charge in [-0.05, 0) is 64.2 Å². The number of allylic oxidation sites excluding steroid dienone is 4. The quantitative estimate of drug-likeness (QED) is 0.0321. The van der Waals surface area contributed by atoms with Gasteiger partial charge >= 0.3 is 5.97 Å². The van der Waals surface area contributed by atoms with E-state index in [1.165, 1.54) is 186 Å². The number of carbonyl (C=O) groups is 2. The van der Waals surface area contributed by atoms with E-state index in [2.05, 4.69) is 43.5 Å². The first-order valence-electron chi connectivity index (χ1n) is 28.1. The number of nitrogens with one attached hydrogen (secondary N) is 1. The molecular weight excluding hydrogens is 779 g/mol. The predicted octanol–water partition coefficient (Wildman–Crippen LogP) is 17.1. The number of amides is 1. The maximum Gasteiger partial charge on any atom is 0.305 e.